The summed E-state index contributed by atoms with van der Waals surface area (Å²) >= 11 is 8.33. The van der Waals surface area contributed by atoms with Crippen molar-refractivity contribution in [3.05, 3.63) is 28.8 Å². The van der Waals surface area contributed by atoms with Gasteiger partial charge in [0.2, 0.25) is 0 Å². The van der Waals surface area contributed by atoms with Crippen molar-refractivity contribution in [2.24, 2.45) is 5.41 Å². The van der Waals surface area contributed by atoms with Crippen molar-refractivity contribution in [3.63, 3.8) is 0 Å². The highest BCUT2D eigenvalue weighted by molar-refractivity contribution is 7.99. The van der Waals surface area contributed by atoms with Crippen LogP contribution in [0.4, 0.5) is 0 Å². The lowest BCUT2D eigenvalue weighted by atomic mass is 9.94. The van der Waals surface area contributed by atoms with Gasteiger partial charge >= 0.3 is 0 Å². The van der Waals surface area contributed by atoms with Crippen LogP contribution in [-0.2, 0) is 0 Å². The number of carbonyl (C=O) groups is 1. The lowest BCUT2D eigenvalue weighted by Crippen LogP contribution is -2.42. The molecule has 6 heteroatoms. The topological polar surface area (TPSA) is 32.8 Å². The minimum absolute atomic E-state index is 0.0687. The molecule has 4 nitrogen and oxygen atoms in total. The number of benzene rings is 1. The molecule has 150 valence electrons. The van der Waals surface area contributed by atoms with E-state index in [1.54, 1.807) is 6.07 Å². The van der Waals surface area contributed by atoms with Gasteiger partial charge in [0.1, 0.15) is 11.9 Å². The summed E-state index contributed by atoms with van der Waals surface area (Å²) in [6.07, 6.45) is 2.22. The number of hydrogen-bond donors (Lipinski definition) is 0. The predicted octanol–water partition coefficient (Wildman–Crippen LogP) is 4.42. The molecule has 2 aliphatic heterocycles. The van der Waals surface area contributed by atoms with Crippen LogP contribution >= 0.6 is 23.4 Å². The third-order valence-corrected chi connectivity index (χ3v) is 6.24. The van der Waals surface area contributed by atoms with Crippen molar-refractivity contribution in [1.29, 1.82) is 0 Å². The minimum atomic E-state index is 0.0687. The number of halogens is 1. The van der Waals surface area contributed by atoms with Crippen molar-refractivity contribution in [2.45, 2.75) is 39.7 Å². The fourth-order valence-corrected chi connectivity index (χ4v) is 4.84. The number of amides is 1. The summed E-state index contributed by atoms with van der Waals surface area (Å²) in [6.45, 7) is 11.7. The van der Waals surface area contributed by atoms with Gasteiger partial charge in [-0.05, 0) is 36.5 Å². The van der Waals surface area contributed by atoms with Crippen LogP contribution in [0.2, 0.25) is 5.02 Å². The Morgan fingerprint density at radius 1 is 1.19 bits per heavy atom. The van der Waals surface area contributed by atoms with E-state index in [0.717, 1.165) is 57.1 Å². The Bertz CT molecular complexity index is 648. The first-order valence-electron chi connectivity index (χ1n) is 9.87. The number of ether oxygens (including phenoxy) is 1. The summed E-state index contributed by atoms with van der Waals surface area (Å²) in [4.78, 5) is 17.0. The van der Waals surface area contributed by atoms with E-state index >= 15 is 0 Å². The van der Waals surface area contributed by atoms with Crippen LogP contribution in [0.25, 0.3) is 0 Å². The summed E-state index contributed by atoms with van der Waals surface area (Å²) in [5, 5.41) is 0.532. The van der Waals surface area contributed by atoms with Gasteiger partial charge in [0, 0.05) is 49.8 Å². The second-order valence-electron chi connectivity index (χ2n) is 8.70. The van der Waals surface area contributed by atoms with Gasteiger partial charge < -0.3 is 14.5 Å². The zero-order valence-electron chi connectivity index (χ0n) is 16.7. The van der Waals surface area contributed by atoms with Gasteiger partial charge in [0.05, 0.1) is 5.02 Å². The molecule has 0 radical (unpaired) electrons. The Labute approximate surface area is 172 Å². The van der Waals surface area contributed by atoms with Crippen molar-refractivity contribution >= 4 is 29.3 Å². The first kappa shape index (κ1) is 20.8. The van der Waals surface area contributed by atoms with Crippen molar-refractivity contribution in [1.82, 2.24) is 9.80 Å². The van der Waals surface area contributed by atoms with Gasteiger partial charge in [-0.2, -0.15) is 11.8 Å². The molecule has 0 spiro atoms. The second-order valence-corrected chi connectivity index (χ2v) is 10.3. The Kier molecular flexibility index (Phi) is 6.98. The highest BCUT2D eigenvalue weighted by atomic mass is 35.5. The number of likely N-dealkylation sites (tertiary alicyclic amines) is 1. The van der Waals surface area contributed by atoms with E-state index in [1.165, 1.54) is 0 Å². The third kappa shape index (κ3) is 6.03. The predicted molar refractivity (Wildman–Crippen MR) is 114 cm³/mol. The fourth-order valence-electron chi connectivity index (χ4n) is 3.71. The van der Waals surface area contributed by atoms with E-state index in [2.05, 4.69) is 25.7 Å². The van der Waals surface area contributed by atoms with E-state index in [4.69, 9.17) is 16.3 Å². The average Bonchev–Trinajstić information content (AvgIpc) is 2.64. The number of thioether (sulfide) groups is 1. The smallest absolute Gasteiger partial charge is 0.253 e. The maximum Gasteiger partial charge on any atom is 0.253 e. The maximum atomic E-state index is 12.6. The molecule has 0 aliphatic carbocycles. The zero-order valence-corrected chi connectivity index (χ0v) is 18.2. The van der Waals surface area contributed by atoms with Gasteiger partial charge in [-0.15, -0.1) is 0 Å². The molecule has 2 fully saturated rings. The maximum absolute atomic E-state index is 12.6. The van der Waals surface area contributed by atoms with E-state index in [9.17, 15) is 4.79 Å². The minimum Gasteiger partial charge on any atom is -0.489 e. The van der Waals surface area contributed by atoms with Crippen molar-refractivity contribution < 1.29 is 9.53 Å². The molecule has 0 aromatic heterocycles. The van der Waals surface area contributed by atoms with Crippen LogP contribution in [0.15, 0.2) is 18.2 Å². The zero-order chi connectivity index (χ0) is 19.4. The molecule has 3 rings (SSSR count). The normalized spacial score (nSPS) is 19.9. The van der Waals surface area contributed by atoms with E-state index < -0.39 is 0 Å². The molecular weight excluding hydrogens is 380 g/mol. The summed E-state index contributed by atoms with van der Waals surface area (Å²) in [7, 11) is 0. The second kappa shape index (κ2) is 9.06. The molecule has 1 amide bonds. The first-order valence-corrected chi connectivity index (χ1v) is 11.4. The fraction of sp³-hybridized carbons (Fsp3) is 0.667. The molecule has 2 heterocycles. The summed E-state index contributed by atoms with van der Waals surface area (Å²) in [6, 6.07) is 5.46. The SMILES string of the molecule is CC(C)(C)CN1CCC(Oc2ccc(C(=O)N3CCSCC3)cc2Cl)CC1. The summed E-state index contributed by atoms with van der Waals surface area (Å²) in [5.41, 5.74) is 0.978. The largest absolute Gasteiger partial charge is 0.489 e. The van der Waals surface area contributed by atoms with Crippen molar-refractivity contribution in [3.8, 4) is 5.75 Å². The number of carbonyl (C=O) groups excluding carboxylic acids is 1. The molecule has 1 aromatic rings. The van der Waals surface area contributed by atoms with E-state index in [0.29, 0.717) is 21.8 Å². The molecule has 1 aromatic carbocycles. The number of rotatable bonds is 4. The highest BCUT2D eigenvalue weighted by Crippen LogP contribution is 2.29. The van der Waals surface area contributed by atoms with Crippen LogP contribution in [-0.4, -0.2) is 66.0 Å². The number of piperidine rings is 1. The van der Waals surface area contributed by atoms with Gasteiger partial charge in [-0.25, -0.2) is 0 Å². The number of hydrogen-bond acceptors (Lipinski definition) is 4. The quantitative estimate of drug-likeness (QED) is 0.735. The summed E-state index contributed by atoms with van der Waals surface area (Å²) < 4.78 is 6.16. The van der Waals surface area contributed by atoms with Gasteiger partial charge in [0.25, 0.3) is 5.91 Å². The molecule has 0 unspecified atom stereocenters. The first-order chi connectivity index (χ1) is 12.8. The van der Waals surface area contributed by atoms with Crippen LogP contribution in [0.5, 0.6) is 5.75 Å². The lowest BCUT2D eigenvalue weighted by Gasteiger charge is -2.36. The van der Waals surface area contributed by atoms with Gasteiger partial charge in [-0.3, -0.25) is 4.79 Å². The van der Waals surface area contributed by atoms with Gasteiger partial charge in [-0.1, -0.05) is 32.4 Å². The molecule has 0 bridgehead atoms. The Morgan fingerprint density at radius 3 is 2.44 bits per heavy atom. The Balaban J connectivity index is 1.55. The molecule has 27 heavy (non-hydrogen) atoms. The monoisotopic (exact) mass is 410 g/mol. The van der Waals surface area contributed by atoms with E-state index in [1.807, 2.05) is 28.8 Å². The van der Waals surface area contributed by atoms with Crippen LogP contribution < -0.4 is 4.74 Å². The Hall–Kier alpha value is -0.910. The van der Waals surface area contributed by atoms with Crippen LogP contribution in [0.3, 0.4) is 0 Å². The molecule has 0 saturated carbocycles. The number of nitrogens with zero attached hydrogens (tertiary/aromatic N) is 2. The lowest BCUT2D eigenvalue weighted by molar-refractivity contribution is 0.0770. The summed E-state index contributed by atoms with van der Waals surface area (Å²) in [5.74, 6) is 2.78. The van der Waals surface area contributed by atoms with Crippen LogP contribution in [0.1, 0.15) is 44.0 Å². The Morgan fingerprint density at radius 2 is 1.85 bits per heavy atom. The van der Waals surface area contributed by atoms with E-state index in [-0.39, 0.29) is 12.0 Å². The third-order valence-electron chi connectivity index (χ3n) is 5.00. The molecule has 2 saturated heterocycles. The standard InChI is InChI=1S/C21H31ClN2O2S/c1-21(2,3)15-23-8-6-17(7-9-23)26-19-5-4-16(14-18(19)22)20(25)24-10-12-27-13-11-24/h4-5,14,17H,6-13,15H2,1-3H3. The average molecular weight is 411 g/mol. The highest BCUT2D eigenvalue weighted by Gasteiger charge is 2.25. The molecular formula is C21H31ClN2O2S. The van der Waals surface area contributed by atoms with Crippen LogP contribution in [0, 0.1) is 5.41 Å². The molecule has 0 N–H and O–H groups in total. The molecule has 0 atom stereocenters. The van der Waals surface area contributed by atoms with Gasteiger partial charge in [0.15, 0.2) is 0 Å². The van der Waals surface area contributed by atoms with Crippen molar-refractivity contribution in [2.75, 3.05) is 44.2 Å². The molecule has 2 aliphatic rings.